The molecule has 0 spiro atoms. The van der Waals surface area contributed by atoms with Crippen molar-refractivity contribution in [3.05, 3.63) is 48.0 Å². The minimum absolute atomic E-state index is 0.0516. The van der Waals surface area contributed by atoms with Crippen molar-refractivity contribution in [2.24, 2.45) is 0 Å². The predicted molar refractivity (Wildman–Crippen MR) is 83.1 cm³/mol. The number of amides is 2. The largest absolute Gasteiger partial charge is 0.416 e. The van der Waals surface area contributed by atoms with Gasteiger partial charge in [-0.2, -0.15) is 13.2 Å². The fourth-order valence-electron chi connectivity index (χ4n) is 2.61. The van der Waals surface area contributed by atoms with Gasteiger partial charge in [-0.15, -0.1) is 6.58 Å². The number of hydrogen-bond donors (Lipinski definition) is 0. The molecular weight excluding hydrogens is 321 g/mol. The Balaban J connectivity index is 2.02. The second kappa shape index (κ2) is 7.51. The lowest BCUT2D eigenvalue weighted by molar-refractivity contribution is -0.138. The number of rotatable bonds is 4. The zero-order valence-electron chi connectivity index (χ0n) is 13.2. The molecule has 130 valence electrons. The van der Waals surface area contributed by atoms with Crippen LogP contribution in [0.4, 0.5) is 13.2 Å². The van der Waals surface area contributed by atoms with Gasteiger partial charge in [0.1, 0.15) is 0 Å². The maximum Gasteiger partial charge on any atom is 0.416 e. The van der Waals surface area contributed by atoms with Gasteiger partial charge in [-0.25, -0.2) is 0 Å². The van der Waals surface area contributed by atoms with E-state index in [2.05, 4.69) is 6.58 Å². The Labute approximate surface area is 138 Å². The molecule has 0 bridgehead atoms. The van der Waals surface area contributed by atoms with Gasteiger partial charge in [0.2, 0.25) is 11.8 Å². The molecule has 1 aliphatic heterocycles. The fourth-order valence-corrected chi connectivity index (χ4v) is 2.61. The standard InChI is InChI=1S/C17H19F3N2O2/c1-2-7-21-9-10-22(8-6-15(21)23)16(24)12-13-4-3-5-14(11-13)17(18,19)20/h2-5,11H,1,6-10,12H2. The number of hydrogen-bond acceptors (Lipinski definition) is 2. The SMILES string of the molecule is C=CCN1CCN(C(=O)Cc2cccc(C(F)(F)F)c2)CCC1=O. The van der Waals surface area contributed by atoms with E-state index in [1.807, 2.05) is 0 Å². The zero-order chi connectivity index (χ0) is 17.7. The zero-order valence-corrected chi connectivity index (χ0v) is 13.2. The Morgan fingerprint density at radius 1 is 1.25 bits per heavy atom. The van der Waals surface area contributed by atoms with Crippen LogP contribution in [0.2, 0.25) is 0 Å². The number of carbonyl (C=O) groups is 2. The first-order valence-corrected chi connectivity index (χ1v) is 7.64. The Bertz CT molecular complexity index is 629. The number of halogens is 3. The summed E-state index contributed by atoms with van der Waals surface area (Å²) in [5.41, 5.74) is -0.454. The average molecular weight is 340 g/mol. The molecule has 0 aliphatic carbocycles. The third-order valence-electron chi connectivity index (χ3n) is 3.90. The number of alkyl halides is 3. The van der Waals surface area contributed by atoms with E-state index >= 15 is 0 Å². The summed E-state index contributed by atoms with van der Waals surface area (Å²) in [5, 5.41) is 0. The summed E-state index contributed by atoms with van der Waals surface area (Å²) in [4.78, 5) is 27.4. The summed E-state index contributed by atoms with van der Waals surface area (Å²) < 4.78 is 38.2. The van der Waals surface area contributed by atoms with Crippen LogP contribution in [0.5, 0.6) is 0 Å². The summed E-state index contributed by atoms with van der Waals surface area (Å²) in [6, 6.07) is 4.76. The number of benzene rings is 1. The van der Waals surface area contributed by atoms with Gasteiger partial charge in [0.05, 0.1) is 12.0 Å². The second-order valence-corrected chi connectivity index (χ2v) is 5.63. The van der Waals surface area contributed by atoms with E-state index in [-0.39, 0.29) is 31.2 Å². The van der Waals surface area contributed by atoms with E-state index in [9.17, 15) is 22.8 Å². The first-order valence-electron chi connectivity index (χ1n) is 7.64. The van der Waals surface area contributed by atoms with E-state index in [4.69, 9.17) is 0 Å². The molecular formula is C17H19F3N2O2. The monoisotopic (exact) mass is 340 g/mol. The van der Waals surface area contributed by atoms with Gasteiger partial charge in [0.15, 0.2) is 0 Å². The van der Waals surface area contributed by atoms with E-state index in [1.165, 1.54) is 17.0 Å². The highest BCUT2D eigenvalue weighted by molar-refractivity contribution is 5.81. The van der Waals surface area contributed by atoms with Crippen LogP contribution in [0.3, 0.4) is 0 Å². The fraction of sp³-hybridized carbons (Fsp3) is 0.412. The van der Waals surface area contributed by atoms with Gasteiger partial charge < -0.3 is 9.80 Å². The van der Waals surface area contributed by atoms with Crippen molar-refractivity contribution < 1.29 is 22.8 Å². The summed E-state index contributed by atoms with van der Waals surface area (Å²) >= 11 is 0. The Morgan fingerprint density at radius 3 is 2.67 bits per heavy atom. The van der Waals surface area contributed by atoms with Crippen LogP contribution in [0, 0.1) is 0 Å². The Hall–Kier alpha value is -2.31. The molecule has 1 aromatic rings. The van der Waals surface area contributed by atoms with Crippen LogP contribution in [0.1, 0.15) is 17.5 Å². The van der Waals surface area contributed by atoms with Crippen LogP contribution in [0.25, 0.3) is 0 Å². The minimum Gasteiger partial charge on any atom is -0.340 e. The van der Waals surface area contributed by atoms with Crippen LogP contribution in [-0.4, -0.2) is 47.8 Å². The topological polar surface area (TPSA) is 40.6 Å². The van der Waals surface area contributed by atoms with E-state index in [1.54, 1.807) is 11.0 Å². The van der Waals surface area contributed by atoms with Crippen LogP contribution < -0.4 is 0 Å². The summed E-state index contributed by atoms with van der Waals surface area (Å²) in [6.07, 6.45) is -2.71. The molecule has 4 nitrogen and oxygen atoms in total. The smallest absolute Gasteiger partial charge is 0.340 e. The quantitative estimate of drug-likeness (QED) is 0.790. The number of nitrogens with zero attached hydrogens (tertiary/aromatic N) is 2. The molecule has 0 unspecified atom stereocenters. The first kappa shape index (κ1) is 18.0. The molecule has 2 amide bonds. The third-order valence-corrected chi connectivity index (χ3v) is 3.90. The highest BCUT2D eigenvalue weighted by atomic mass is 19.4. The third kappa shape index (κ3) is 4.59. The molecule has 0 saturated carbocycles. The van der Waals surface area contributed by atoms with Crippen LogP contribution in [-0.2, 0) is 22.2 Å². The maximum atomic E-state index is 12.7. The highest BCUT2D eigenvalue weighted by Crippen LogP contribution is 2.29. The van der Waals surface area contributed by atoms with Gasteiger partial charge in [0, 0.05) is 32.6 Å². The number of carbonyl (C=O) groups excluding carboxylic acids is 2. The molecule has 1 fully saturated rings. The van der Waals surface area contributed by atoms with E-state index in [0.29, 0.717) is 25.2 Å². The molecule has 0 N–H and O–H groups in total. The molecule has 1 saturated heterocycles. The molecule has 1 heterocycles. The highest BCUT2D eigenvalue weighted by Gasteiger charge is 2.30. The summed E-state index contributed by atoms with van der Waals surface area (Å²) in [6.45, 7) is 5.07. The first-order chi connectivity index (χ1) is 11.3. The van der Waals surface area contributed by atoms with Crippen molar-refractivity contribution in [2.45, 2.75) is 19.0 Å². The van der Waals surface area contributed by atoms with Gasteiger partial charge in [-0.3, -0.25) is 9.59 Å². The minimum atomic E-state index is -4.43. The second-order valence-electron chi connectivity index (χ2n) is 5.63. The Morgan fingerprint density at radius 2 is 2.00 bits per heavy atom. The average Bonchev–Trinajstić information content (AvgIpc) is 2.70. The van der Waals surface area contributed by atoms with Crippen LogP contribution in [0.15, 0.2) is 36.9 Å². The molecule has 0 radical (unpaired) electrons. The maximum absolute atomic E-state index is 12.7. The Kier molecular flexibility index (Phi) is 5.64. The van der Waals surface area contributed by atoms with Crippen molar-refractivity contribution in [3.63, 3.8) is 0 Å². The molecule has 0 aromatic heterocycles. The van der Waals surface area contributed by atoms with E-state index in [0.717, 1.165) is 12.1 Å². The van der Waals surface area contributed by atoms with Crippen molar-refractivity contribution in [2.75, 3.05) is 26.2 Å². The van der Waals surface area contributed by atoms with Crippen molar-refractivity contribution >= 4 is 11.8 Å². The van der Waals surface area contributed by atoms with Gasteiger partial charge in [-0.05, 0) is 11.6 Å². The van der Waals surface area contributed by atoms with Crippen molar-refractivity contribution in [3.8, 4) is 0 Å². The lowest BCUT2D eigenvalue weighted by Crippen LogP contribution is -2.36. The summed E-state index contributed by atoms with van der Waals surface area (Å²) in [7, 11) is 0. The normalized spacial score (nSPS) is 16.0. The molecule has 24 heavy (non-hydrogen) atoms. The van der Waals surface area contributed by atoms with E-state index < -0.39 is 11.7 Å². The van der Waals surface area contributed by atoms with Crippen molar-refractivity contribution in [1.29, 1.82) is 0 Å². The predicted octanol–water partition coefficient (Wildman–Crippen LogP) is 2.49. The lowest BCUT2D eigenvalue weighted by Gasteiger charge is -2.21. The molecule has 0 atom stereocenters. The molecule has 2 rings (SSSR count). The molecule has 7 heteroatoms. The lowest BCUT2D eigenvalue weighted by atomic mass is 10.1. The van der Waals surface area contributed by atoms with Gasteiger partial charge in [-0.1, -0.05) is 24.3 Å². The molecule has 1 aliphatic rings. The molecule has 1 aromatic carbocycles. The summed E-state index contributed by atoms with van der Waals surface area (Å²) in [5.74, 6) is -0.327. The van der Waals surface area contributed by atoms with Gasteiger partial charge >= 0.3 is 6.18 Å². The van der Waals surface area contributed by atoms with Crippen LogP contribution >= 0.6 is 0 Å². The van der Waals surface area contributed by atoms with Crippen molar-refractivity contribution in [1.82, 2.24) is 9.80 Å². The van der Waals surface area contributed by atoms with Gasteiger partial charge in [0.25, 0.3) is 0 Å².